The molecule has 3 heterocycles. The van der Waals surface area contributed by atoms with Gasteiger partial charge in [0.25, 0.3) is 0 Å². The van der Waals surface area contributed by atoms with Gasteiger partial charge in [0, 0.05) is 31.7 Å². The maximum absolute atomic E-state index is 12.7. The molecule has 0 aromatic carbocycles. The van der Waals surface area contributed by atoms with Crippen molar-refractivity contribution >= 4 is 10.0 Å². The van der Waals surface area contributed by atoms with E-state index in [-0.39, 0.29) is 31.7 Å². The predicted octanol–water partition coefficient (Wildman–Crippen LogP) is -7.55. The van der Waals surface area contributed by atoms with Gasteiger partial charge in [-0.05, 0) is 44.6 Å². The van der Waals surface area contributed by atoms with E-state index in [1.165, 1.54) is 0 Å². The molecule has 22 heteroatoms. The second-order valence-corrected chi connectivity index (χ2v) is 16.6. The molecule has 0 spiro atoms. The van der Waals surface area contributed by atoms with Gasteiger partial charge in [0.2, 0.25) is 10.0 Å². The van der Waals surface area contributed by atoms with Gasteiger partial charge in [-0.1, -0.05) is 0 Å². The molecule has 5 aliphatic rings. The molecule has 5 fully saturated rings. The van der Waals surface area contributed by atoms with Crippen molar-refractivity contribution in [3.05, 3.63) is 0 Å². The summed E-state index contributed by atoms with van der Waals surface area (Å²) in [5.41, 5.74) is 36.1. The Kier molecular flexibility index (Phi) is 15.0. The van der Waals surface area contributed by atoms with E-state index in [4.69, 9.17) is 62.8 Å². The highest BCUT2D eigenvalue weighted by Gasteiger charge is 2.54. The Balaban J connectivity index is 1.31. The van der Waals surface area contributed by atoms with Crippen LogP contribution >= 0.6 is 0 Å². The van der Waals surface area contributed by atoms with Crippen LogP contribution in [-0.4, -0.2) is 183 Å². The summed E-state index contributed by atoms with van der Waals surface area (Å²) >= 11 is 0. The van der Waals surface area contributed by atoms with Crippen LogP contribution in [0.4, 0.5) is 0 Å². The maximum atomic E-state index is 12.7. The summed E-state index contributed by atoms with van der Waals surface area (Å²) in [5.74, 6) is 0.106. The minimum absolute atomic E-state index is 0.0710. The van der Waals surface area contributed by atoms with Crippen LogP contribution in [-0.2, 0) is 38.4 Å². The average Bonchev–Trinajstić information content (AvgIpc) is 3.38. The van der Waals surface area contributed by atoms with E-state index in [0.29, 0.717) is 25.3 Å². The molecule has 0 amide bonds. The summed E-state index contributed by atoms with van der Waals surface area (Å²) in [6, 6.07) is -3.68. The highest BCUT2D eigenvalue weighted by atomic mass is 32.2. The topological polar surface area (TPSA) is 371 Å². The molecule has 19 N–H and O–H groups in total. The zero-order valence-corrected chi connectivity index (χ0v) is 29.9. The predicted molar refractivity (Wildman–Crippen MR) is 182 cm³/mol. The minimum Gasteiger partial charge on any atom is -0.394 e. The molecule has 21 nitrogen and oxygen atoms in total. The SMILES string of the molecule is NCCS(=O)(=O)NC1CC(N)C(OC2OC(CNCC3CC(N)C3)CCC2N)C(OC2OC(CO)C(OC3OC(CN)C(O)C(O)C3N)C2O)C1O. The first-order valence-electron chi connectivity index (χ1n) is 18.0. The molecule has 2 aliphatic carbocycles. The average molecular weight is 773 g/mol. The van der Waals surface area contributed by atoms with Gasteiger partial charge >= 0.3 is 0 Å². The number of rotatable bonds is 16. The van der Waals surface area contributed by atoms with E-state index in [0.717, 1.165) is 19.4 Å². The summed E-state index contributed by atoms with van der Waals surface area (Å²) in [7, 11) is -3.94. The van der Waals surface area contributed by atoms with Gasteiger partial charge in [-0.15, -0.1) is 0 Å². The number of nitrogens with one attached hydrogen (secondary N) is 2. The molecule has 0 aromatic rings. The van der Waals surface area contributed by atoms with Gasteiger partial charge in [-0.25, -0.2) is 13.1 Å². The second kappa shape index (κ2) is 18.4. The Labute approximate surface area is 303 Å². The van der Waals surface area contributed by atoms with E-state index in [2.05, 4.69) is 10.0 Å². The van der Waals surface area contributed by atoms with E-state index in [1.54, 1.807) is 0 Å². The monoisotopic (exact) mass is 772 g/mol. The molecule has 17 atom stereocenters. The van der Waals surface area contributed by atoms with E-state index >= 15 is 0 Å². The van der Waals surface area contributed by atoms with Crippen LogP contribution in [0, 0.1) is 5.92 Å². The fourth-order valence-corrected chi connectivity index (χ4v) is 8.68. The summed E-state index contributed by atoms with van der Waals surface area (Å²) in [6.45, 7) is 0.337. The summed E-state index contributed by atoms with van der Waals surface area (Å²) in [5, 5.41) is 57.3. The molecule has 3 aliphatic heterocycles. The first kappa shape index (κ1) is 42.3. The van der Waals surface area contributed by atoms with Crippen LogP contribution < -0.4 is 44.4 Å². The Morgan fingerprint density at radius 3 is 2.04 bits per heavy atom. The molecule has 0 radical (unpaired) electrons. The maximum Gasteiger partial charge on any atom is 0.213 e. The van der Waals surface area contributed by atoms with Crippen molar-refractivity contribution in [1.29, 1.82) is 0 Å². The van der Waals surface area contributed by atoms with Crippen LogP contribution in [0.3, 0.4) is 0 Å². The quantitative estimate of drug-likeness (QED) is 0.0693. The first-order chi connectivity index (χ1) is 24.7. The third-order valence-corrected chi connectivity index (χ3v) is 12.1. The van der Waals surface area contributed by atoms with Gasteiger partial charge in [-0.3, -0.25) is 0 Å². The highest BCUT2D eigenvalue weighted by Crippen LogP contribution is 2.35. The zero-order valence-electron chi connectivity index (χ0n) is 29.1. The van der Waals surface area contributed by atoms with E-state index in [9.17, 15) is 34.0 Å². The second-order valence-electron chi connectivity index (χ2n) is 14.7. The summed E-state index contributed by atoms with van der Waals surface area (Å²) in [4.78, 5) is 0. The molecule has 0 bridgehead atoms. The molecule has 2 saturated carbocycles. The largest absolute Gasteiger partial charge is 0.394 e. The lowest BCUT2D eigenvalue weighted by atomic mass is 9.81. The summed E-state index contributed by atoms with van der Waals surface area (Å²) < 4.78 is 63.9. The van der Waals surface area contributed by atoms with Gasteiger partial charge < -0.3 is 93.7 Å². The third kappa shape index (κ3) is 9.94. The summed E-state index contributed by atoms with van der Waals surface area (Å²) in [6.07, 6.45) is -13.4. The number of sulfonamides is 1. The van der Waals surface area contributed by atoms with Crippen molar-refractivity contribution in [2.45, 2.75) is 142 Å². The van der Waals surface area contributed by atoms with Crippen molar-refractivity contribution in [3.8, 4) is 0 Å². The fraction of sp³-hybridized carbons (Fsp3) is 1.00. The van der Waals surface area contributed by atoms with Crippen molar-refractivity contribution in [3.63, 3.8) is 0 Å². The smallest absolute Gasteiger partial charge is 0.213 e. The van der Waals surface area contributed by atoms with Crippen molar-refractivity contribution in [1.82, 2.24) is 10.0 Å². The number of hydrogen-bond donors (Lipinski definition) is 13. The van der Waals surface area contributed by atoms with Crippen LogP contribution in [0.1, 0.15) is 32.1 Å². The van der Waals surface area contributed by atoms with Crippen LogP contribution in [0.5, 0.6) is 0 Å². The normalized spacial score (nSPS) is 47.3. The number of nitrogens with two attached hydrogens (primary N) is 6. The first-order valence-corrected chi connectivity index (χ1v) is 19.7. The van der Waals surface area contributed by atoms with Crippen LogP contribution in [0.25, 0.3) is 0 Å². The zero-order chi connectivity index (χ0) is 37.9. The van der Waals surface area contributed by atoms with E-state index < -0.39 is 120 Å². The number of ether oxygens (including phenoxy) is 6. The minimum atomic E-state index is -3.94. The molecule has 5 rings (SSSR count). The molecule has 17 unspecified atom stereocenters. The van der Waals surface area contributed by atoms with Crippen molar-refractivity contribution in [2.24, 2.45) is 40.3 Å². The molecular formula is C30H60N8O13S. The highest BCUT2D eigenvalue weighted by molar-refractivity contribution is 7.89. The van der Waals surface area contributed by atoms with Gasteiger partial charge in [0.15, 0.2) is 18.9 Å². The molecule has 0 aromatic heterocycles. The number of aliphatic hydroxyl groups is 5. The Hall–Kier alpha value is -0.810. The van der Waals surface area contributed by atoms with Gasteiger partial charge in [-0.2, -0.15) is 0 Å². The van der Waals surface area contributed by atoms with Crippen LogP contribution in [0.2, 0.25) is 0 Å². The molecule has 3 saturated heterocycles. The van der Waals surface area contributed by atoms with E-state index in [1.807, 2.05) is 0 Å². The van der Waals surface area contributed by atoms with Crippen molar-refractivity contribution in [2.75, 3.05) is 38.5 Å². The molecular weight excluding hydrogens is 712 g/mol. The lowest BCUT2D eigenvalue weighted by Crippen LogP contribution is -2.67. The van der Waals surface area contributed by atoms with Gasteiger partial charge in [0.1, 0.15) is 48.8 Å². The number of aliphatic hydroxyl groups excluding tert-OH is 5. The standard InChI is InChI=1S/C30H60N8O13S/c31-3-4-52(44,45)38-17-7-16(35)25(49-28-15(34)2-1-14(46-28)10-37-9-12-5-13(33)6-12)27(21(17)40)51-30-24(43)26(19(11-39)48-30)50-29-20(36)23(42)22(41)18(8-32)47-29/h12-30,37-43H,1-11,31-36H2. The Morgan fingerprint density at radius 1 is 0.712 bits per heavy atom. The Bertz CT molecular complexity index is 1230. The lowest BCUT2D eigenvalue weighted by Gasteiger charge is -2.46. The fourth-order valence-electron chi connectivity index (χ4n) is 7.56. The van der Waals surface area contributed by atoms with Gasteiger partial charge in [0.05, 0.1) is 42.7 Å². The molecule has 304 valence electrons. The van der Waals surface area contributed by atoms with Crippen LogP contribution in [0.15, 0.2) is 0 Å². The number of hydrogen-bond acceptors (Lipinski definition) is 20. The third-order valence-electron chi connectivity index (χ3n) is 10.6. The lowest BCUT2D eigenvalue weighted by molar-refractivity contribution is -0.289. The van der Waals surface area contributed by atoms with Crippen molar-refractivity contribution < 1.29 is 62.4 Å². The Morgan fingerprint density at radius 2 is 1.38 bits per heavy atom. The molecule has 52 heavy (non-hydrogen) atoms.